The second kappa shape index (κ2) is 22.0. The second-order valence-corrected chi connectivity index (χ2v) is 27.1. The number of aromatic nitrogens is 3. The first kappa shape index (κ1) is 57.0. The van der Waals surface area contributed by atoms with Crippen molar-refractivity contribution < 1.29 is 46.9 Å². The van der Waals surface area contributed by atoms with Gasteiger partial charge in [0, 0.05) is 88.0 Å². The third-order valence-corrected chi connectivity index (χ3v) is 21.0. The van der Waals surface area contributed by atoms with Gasteiger partial charge in [-0.1, -0.05) is 24.3 Å². The van der Waals surface area contributed by atoms with E-state index in [-0.39, 0.29) is 40.8 Å². The molecule has 85 heavy (non-hydrogen) atoms. The number of piperidine rings is 1. The molecule has 3 aromatic heterocycles. The van der Waals surface area contributed by atoms with Crippen molar-refractivity contribution in [2.24, 2.45) is 11.3 Å². The molecule has 5 fully saturated rings. The van der Waals surface area contributed by atoms with Gasteiger partial charge in [0.05, 0.1) is 71.3 Å². The van der Waals surface area contributed by atoms with Gasteiger partial charge in [-0.3, -0.25) is 24.7 Å². The number of carbonyl (C=O) groups excluding carboxylic acids is 1. The minimum atomic E-state index is -4.66. The number of anilines is 4. The first-order valence-electron chi connectivity index (χ1n) is 29.9. The summed E-state index contributed by atoms with van der Waals surface area (Å²) < 4.78 is 61.5. The number of H-pyrrole nitrogens is 1. The van der Waals surface area contributed by atoms with E-state index in [9.17, 15) is 28.4 Å². The molecule has 8 heterocycles. The molecule has 7 aliphatic rings. The highest BCUT2D eigenvalue weighted by atomic mass is 32.2. The van der Waals surface area contributed by atoms with Crippen LogP contribution in [0.3, 0.4) is 0 Å². The highest BCUT2D eigenvalue weighted by Gasteiger charge is 2.57. The Hall–Kier alpha value is -7.08. The van der Waals surface area contributed by atoms with Crippen molar-refractivity contribution in [3.63, 3.8) is 0 Å². The number of hydrogen-bond acceptors (Lipinski definition) is 18. The van der Waals surface area contributed by atoms with Crippen molar-refractivity contribution >= 4 is 55.4 Å². The number of nitro benzene ring substituents is 1. The van der Waals surface area contributed by atoms with E-state index in [0.29, 0.717) is 86.1 Å². The Morgan fingerprint density at radius 3 is 2.47 bits per heavy atom. The summed E-state index contributed by atoms with van der Waals surface area (Å²) in [5, 5.41) is 26.9. The van der Waals surface area contributed by atoms with Gasteiger partial charge >= 0.3 is 0 Å². The van der Waals surface area contributed by atoms with E-state index in [2.05, 4.69) is 77.7 Å². The number of nitrogens with zero attached hydrogens (tertiary/aromatic N) is 7. The first-order chi connectivity index (χ1) is 40.8. The molecular weight excluding hydrogens is 1100 g/mol. The maximum absolute atomic E-state index is 14.9. The third kappa shape index (κ3) is 10.7. The monoisotopic (exact) mass is 1180 g/mol. The fourth-order valence-corrected chi connectivity index (χ4v) is 15.9. The summed E-state index contributed by atoms with van der Waals surface area (Å²) in [6, 6.07) is 24.0. The number of nitro groups is 1. The van der Waals surface area contributed by atoms with Crippen LogP contribution >= 0.6 is 0 Å². The molecule has 3 atom stereocenters. The van der Waals surface area contributed by atoms with Gasteiger partial charge in [0.25, 0.3) is 27.5 Å². The molecule has 2 aliphatic carbocycles. The Bertz CT molecular complexity index is 3650. The van der Waals surface area contributed by atoms with Crippen molar-refractivity contribution in [1.82, 2.24) is 29.5 Å². The number of nitrogens with one attached hydrogen (secondary N) is 3. The first-order valence-corrected chi connectivity index (χ1v) is 31.3. The number of fused-ring (bicyclic) bond motifs is 5. The van der Waals surface area contributed by atoms with Crippen molar-refractivity contribution in [1.29, 1.82) is 0 Å². The van der Waals surface area contributed by atoms with E-state index in [4.69, 9.17) is 28.7 Å². The van der Waals surface area contributed by atoms with Crippen LogP contribution < -0.4 is 34.0 Å². The number of rotatable bonds is 14. The number of piperazine rings is 1. The van der Waals surface area contributed by atoms with Crippen LogP contribution in [0.25, 0.3) is 11.0 Å². The predicted molar refractivity (Wildman–Crippen MR) is 320 cm³/mol. The molecule has 2 saturated carbocycles. The Balaban J connectivity index is 0.766. The fraction of sp³-hybridized carbons (Fsp3) is 0.508. The van der Waals surface area contributed by atoms with E-state index in [0.717, 1.165) is 94.0 Å². The smallest absolute Gasteiger partial charge is 0.293 e. The molecule has 4 N–H and O–H groups in total. The Morgan fingerprint density at radius 1 is 0.918 bits per heavy atom. The van der Waals surface area contributed by atoms with Gasteiger partial charge < -0.3 is 48.9 Å². The highest BCUT2D eigenvalue weighted by molar-refractivity contribution is 7.90. The SMILES string of the molecule is COc1cc(CN2CCN(C3CC4(CCN(c5ccc(C(=O)NS(=O)(=O)c6ccc(NCC7CCC(C)(O)CC7)c([N+](=O)[O-])c6)c(N6c7cc8cc[nH]c8nc7O[C@H]7COCC[C@@H]76)c5)CC4)C3)[C@@]3(COC(C)(C)c4ccccc43)C2)cnc1OC. The number of hydrogen-bond donors (Lipinski definition) is 4. The molecule has 1 amide bonds. The number of ether oxygens (including phenoxy) is 5. The van der Waals surface area contributed by atoms with Crippen molar-refractivity contribution in [3.8, 4) is 17.5 Å². The predicted octanol–water partition coefficient (Wildman–Crippen LogP) is 8.77. The molecule has 22 heteroatoms. The zero-order valence-electron chi connectivity index (χ0n) is 49.0. The van der Waals surface area contributed by atoms with Crippen LogP contribution in [0.15, 0.2) is 96.2 Å². The minimum absolute atomic E-state index is 0.0974. The van der Waals surface area contributed by atoms with E-state index >= 15 is 0 Å². The molecule has 21 nitrogen and oxygen atoms in total. The zero-order chi connectivity index (χ0) is 59.0. The minimum Gasteiger partial charge on any atom is -0.491 e. The third-order valence-electron chi connectivity index (χ3n) is 19.7. The maximum atomic E-state index is 14.9. The molecule has 0 radical (unpaired) electrons. The van der Waals surface area contributed by atoms with Gasteiger partial charge in [-0.05, 0) is 155 Å². The fourth-order valence-electron chi connectivity index (χ4n) is 14.9. The molecule has 13 rings (SSSR count). The van der Waals surface area contributed by atoms with E-state index in [1.165, 1.54) is 23.3 Å². The summed E-state index contributed by atoms with van der Waals surface area (Å²) in [6.07, 6.45) is 10.6. The number of aliphatic hydroxyl groups is 1. The molecule has 5 aliphatic heterocycles. The quantitative estimate of drug-likeness (QED) is 0.0589. The average molecular weight is 1180 g/mol. The molecule has 3 aromatic carbocycles. The van der Waals surface area contributed by atoms with Gasteiger partial charge in [0.1, 0.15) is 23.1 Å². The maximum Gasteiger partial charge on any atom is 0.293 e. The van der Waals surface area contributed by atoms with Crippen LogP contribution in [-0.4, -0.2) is 146 Å². The number of pyridine rings is 2. The van der Waals surface area contributed by atoms with Crippen molar-refractivity contribution in [3.05, 3.63) is 124 Å². The van der Waals surface area contributed by atoms with Crippen LogP contribution in [-0.2, 0) is 37.2 Å². The Kier molecular flexibility index (Phi) is 14.8. The number of carbonyl (C=O) groups is 1. The Morgan fingerprint density at radius 2 is 1.71 bits per heavy atom. The lowest BCUT2D eigenvalue weighted by atomic mass is 9.59. The number of benzene rings is 3. The highest BCUT2D eigenvalue weighted by Crippen LogP contribution is 2.56. The van der Waals surface area contributed by atoms with Gasteiger partial charge in [0.15, 0.2) is 5.75 Å². The van der Waals surface area contributed by atoms with E-state index < -0.39 is 48.7 Å². The van der Waals surface area contributed by atoms with Crippen molar-refractivity contribution in [2.75, 3.05) is 88.4 Å². The number of sulfonamides is 1. The molecule has 3 saturated heterocycles. The summed E-state index contributed by atoms with van der Waals surface area (Å²) in [5.74, 6) is 0.720. The van der Waals surface area contributed by atoms with Gasteiger partial charge in [-0.15, -0.1) is 0 Å². The lowest BCUT2D eigenvalue weighted by Crippen LogP contribution is -2.70. The summed E-state index contributed by atoms with van der Waals surface area (Å²) in [4.78, 5) is 48.7. The largest absolute Gasteiger partial charge is 0.491 e. The second-order valence-electron chi connectivity index (χ2n) is 25.5. The lowest BCUT2D eigenvalue weighted by Gasteiger charge is -2.63. The number of methoxy groups -OCH3 is 2. The van der Waals surface area contributed by atoms with Gasteiger partial charge in [-0.25, -0.2) is 18.1 Å². The van der Waals surface area contributed by atoms with Crippen molar-refractivity contribution in [2.45, 2.75) is 125 Å². The van der Waals surface area contributed by atoms with E-state index in [1.807, 2.05) is 43.5 Å². The van der Waals surface area contributed by atoms with Crippen LogP contribution in [0.2, 0.25) is 0 Å². The summed E-state index contributed by atoms with van der Waals surface area (Å²) in [6.45, 7) is 12.7. The van der Waals surface area contributed by atoms with Gasteiger partial charge in [0.2, 0.25) is 5.88 Å². The van der Waals surface area contributed by atoms with Crippen LogP contribution in [0.1, 0.15) is 106 Å². The zero-order valence-corrected chi connectivity index (χ0v) is 49.8. The number of aromatic amines is 1. The summed E-state index contributed by atoms with van der Waals surface area (Å²) in [5.41, 5.74) is 4.70. The summed E-state index contributed by atoms with van der Waals surface area (Å²) >= 11 is 0. The van der Waals surface area contributed by atoms with Gasteiger partial charge in [-0.2, -0.15) is 4.98 Å². The van der Waals surface area contributed by atoms with Crippen LogP contribution in [0.4, 0.5) is 28.4 Å². The topological polar surface area (TPSA) is 239 Å². The molecule has 0 bridgehead atoms. The molecule has 0 unspecified atom stereocenters. The van der Waals surface area contributed by atoms with E-state index in [1.54, 1.807) is 26.5 Å². The normalized spacial score (nSPS) is 25.7. The molecule has 6 aromatic rings. The number of amides is 1. The molecule has 2 spiro atoms. The van der Waals surface area contributed by atoms with Crippen LogP contribution in [0.5, 0.6) is 17.5 Å². The molecule has 450 valence electrons. The standard InChI is InChI=1S/C63H76N10O11S/c1-60(2)47-8-6-7-9-48(47)63(39-83-60)38-69(36-41-28-54(80-4)59(81-5)66-35-41)25-26-71(63)44-32-62(33-44)20-23-70(24-21-62)43-10-12-46(51(30-43)72-50-17-27-82-37-55(50)84-58-53(72)29-42-16-22-64-56(42)67-58)57(74)68-85(78,79)45-11-13-49(52(31-45)73(76)77)65-34-40-14-18-61(3,75)19-15-40/h6-13,16,22,28-31,35,40,44,50,55,65,75H,14-15,17-21,23-27,32-34,36-39H2,1-5H3,(H,64,67)(H,68,74)/t40?,50-,55-,61?,63+/m0/s1. The lowest BCUT2D eigenvalue weighted by molar-refractivity contribution is -0.384. The average Bonchev–Trinajstić information content (AvgIpc) is 1.22. The Labute approximate surface area is 495 Å². The van der Waals surface area contributed by atoms with Crippen LogP contribution in [0, 0.1) is 21.4 Å². The summed E-state index contributed by atoms with van der Waals surface area (Å²) in [7, 11) is -1.42. The molecular formula is C63H76N10O11S.